The summed E-state index contributed by atoms with van der Waals surface area (Å²) < 4.78 is 1.59. The van der Waals surface area contributed by atoms with Gasteiger partial charge in [0.2, 0.25) is 0 Å². The van der Waals surface area contributed by atoms with Crippen LogP contribution in [-0.2, 0) is 13.5 Å². The summed E-state index contributed by atoms with van der Waals surface area (Å²) >= 11 is 0. The summed E-state index contributed by atoms with van der Waals surface area (Å²) in [6.07, 6.45) is 2.95. The fraction of sp³-hybridized carbons (Fsp3) is 0.636. The normalized spacial score (nSPS) is 15.2. The maximum atomic E-state index is 12.2. The summed E-state index contributed by atoms with van der Waals surface area (Å²) in [5, 5.41) is 4.26. The van der Waals surface area contributed by atoms with Crippen molar-refractivity contribution in [2.75, 3.05) is 12.8 Å². The first-order valence-electron chi connectivity index (χ1n) is 5.64. The first kappa shape index (κ1) is 11.0. The molecule has 1 amide bonds. The highest BCUT2D eigenvalue weighted by Gasteiger charge is 2.32. The molecule has 1 aliphatic rings. The van der Waals surface area contributed by atoms with Gasteiger partial charge in [-0.1, -0.05) is 6.92 Å². The molecule has 1 aromatic rings. The Morgan fingerprint density at radius 2 is 2.25 bits per heavy atom. The molecule has 0 unspecified atom stereocenters. The Morgan fingerprint density at radius 3 is 2.69 bits per heavy atom. The van der Waals surface area contributed by atoms with E-state index in [1.165, 1.54) is 0 Å². The SMILES string of the molecule is CCc1nn(C)c(C(=O)N(C)C2CC2)c1N. The van der Waals surface area contributed by atoms with Crippen LogP contribution in [0.5, 0.6) is 0 Å². The van der Waals surface area contributed by atoms with Crippen molar-refractivity contribution < 1.29 is 4.79 Å². The Kier molecular flexibility index (Phi) is 2.61. The van der Waals surface area contributed by atoms with Gasteiger partial charge in [-0.25, -0.2) is 0 Å². The van der Waals surface area contributed by atoms with Crippen molar-refractivity contribution in [1.29, 1.82) is 0 Å². The van der Waals surface area contributed by atoms with Crippen LogP contribution in [0.4, 0.5) is 5.69 Å². The molecular formula is C11H18N4O. The zero-order valence-corrected chi connectivity index (χ0v) is 10.0. The van der Waals surface area contributed by atoms with Gasteiger partial charge in [0, 0.05) is 20.1 Å². The fourth-order valence-corrected chi connectivity index (χ4v) is 1.91. The third-order valence-electron chi connectivity index (χ3n) is 3.11. The van der Waals surface area contributed by atoms with E-state index in [1.807, 2.05) is 14.0 Å². The molecule has 1 saturated carbocycles. The van der Waals surface area contributed by atoms with E-state index in [2.05, 4.69) is 5.10 Å². The van der Waals surface area contributed by atoms with Crippen LogP contribution in [0.25, 0.3) is 0 Å². The highest BCUT2D eigenvalue weighted by molar-refractivity contribution is 5.98. The van der Waals surface area contributed by atoms with Crippen LogP contribution < -0.4 is 5.73 Å². The molecule has 5 nitrogen and oxygen atoms in total. The lowest BCUT2D eigenvalue weighted by Gasteiger charge is -2.16. The third kappa shape index (κ3) is 1.66. The first-order chi connectivity index (χ1) is 7.56. The number of nitrogens with zero attached hydrogens (tertiary/aromatic N) is 3. The Hall–Kier alpha value is -1.52. The monoisotopic (exact) mass is 222 g/mol. The van der Waals surface area contributed by atoms with Gasteiger partial charge in [-0.2, -0.15) is 5.10 Å². The number of amides is 1. The molecule has 0 bridgehead atoms. The maximum absolute atomic E-state index is 12.2. The van der Waals surface area contributed by atoms with E-state index < -0.39 is 0 Å². The van der Waals surface area contributed by atoms with Crippen molar-refractivity contribution in [2.24, 2.45) is 7.05 Å². The second-order valence-corrected chi connectivity index (χ2v) is 4.33. The van der Waals surface area contributed by atoms with Crippen LogP contribution in [0.3, 0.4) is 0 Å². The van der Waals surface area contributed by atoms with Crippen LogP contribution in [0, 0.1) is 0 Å². The number of aromatic nitrogens is 2. The molecule has 2 N–H and O–H groups in total. The van der Waals surface area contributed by atoms with Gasteiger partial charge in [0.1, 0.15) is 5.69 Å². The average Bonchev–Trinajstić information content (AvgIpc) is 3.04. The molecule has 88 valence electrons. The highest BCUT2D eigenvalue weighted by atomic mass is 16.2. The van der Waals surface area contributed by atoms with E-state index in [1.54, 1.807) is 16.6 Å². The van der Waals surface area contributed by atoms with Crippen LogP contribution in [0.15, 0.2) is 0 Å². The molecule has 0 radical (unpaired) electrons. The lowest BCUT2D eigenvalue weighted by molar-refractivity contribution is 0.0775. The quantitative estimate of drug-likeness (QED) is 0.822. The first-order valence-corrected chi connectivity index (χ1v) is 5.64. The van der Waals surface area contributed by atoms with E-state index in [0.29, 0.717) is 17.4 Å². The van der Waals surface area contributed by atoms with Crippen LogP contribution >= 0.6 is 0 Å². The highest BCUT2D eigenvalue weighted by Crippen LogP contribution is 2.28. The van der Waals surface area contributed by atoms with E-state index in [-0.39, 0.29) is 5.91 Å². The molecule has 0 atom stereocenters. The zero-order valence-electron chi connectivity index (χ0n) is 10.0. The molecule has 1 fully saturated rings. The summed E-state index contributed by atoms with van der Waals surface area (Å²) in [6, 6.07) is 0.395. The van der Waals surface area contributed by atoms with Crippen molar-refractivity contribution in [3.8, 4) is 0 Å². The molecule has 2 rings (SSSR count). The molecule has 5 heteroatoms. The molecular weight excluding hydrogens is 204 g/mol. The summed E-state index contributed by atoms with van der Waals surface area (Å²) in [6.45, 7) is 1.98. The van der Waals surface area contributed by atoms with Gasteiger partial charge in [-0.05, 0) is 19.3 Å². The molecule has 16 heavy (non-hydrogen) atoms. The van der Waals surface area contributed by atoms with Gasteiger partial charge < -0.3 is 10.6 Å². The minimum absolute atomic E-state index is 0.0188. The number of anilines is 1. The van der Waals surface area contributed by atoms with Gasteiger partial charge in [0.15, 0.2) is 0 Å². The number of carbonyl (C=O) groups excluding carboxylic acids is 1. The largest absolute Gasteiger partial charge is 0.395 e. The number of hydrogen-bond acceptors (Lipinski definition) is 3. The summed E-state index contributed by atoms with van der Waals surface area (Å²) in [5.74, 6) is -0.0188. The van der Waals surface area contributed by atoms with Crippen molar-refractivity contribution in [1.82, 2.24) is 14.7 Å². The van der Waals surface area contributed by atoms with E-state index in [9.17, 15) is 4.79 Å². The molecule has 0 aromatic carbocycles. The van der Waals surface area contributed by atoms with Gasteiger partial charge >= 0.3 is 0 Å². The van der Waals surface area contributed by atoms with Crippen molar-refractivity contribution in [3.63, 3.8) is 0 Å². The molecule has 0 saturated heterocycles. The number of aryl methyl sites for hydroxylation is 2. The topological polar surface area (TPSA) is 64.2 Å². The Labute approximate surface area is 95.2 Å². The molecule has 1 aromatic heterocycles. The van der Waals surface area contributed by atoms with Gasteiger partial charge in [0.25, 0.3) is 5.91 Å². The standard InChI is InChI=1S/C11H18N4O/c1-4-8-9(12)10(15(3)13-8)11(16)14(2)7-5-6-7/h7H,4-6,12H2,1-3H3. The summed E-state index contributed by atoms with van der Waals surface area (Å²) in [5.41, 5.74) is 7.79. The van der Waals surface area contributed by atoms with Crippen molar-refractivity contribution in [3.05, 3.63) is 11.4 Å². The second kappa shape index (κ2) is 3.81. The molecule has 0 aliphatic heterocycles. The smallest absolute Gasteiger partial charge is 0.274 e. The Morgan fingerprint density at radius 1 is 1.62 bits per heavy atom. The number of carbonyl (C=O) groups is 1. The predicted molar refractivity (Wildman–Crippen MR) is 62.1 cm³/mol. The lowest BCUT2D eigenvalue weighted by atomic mass is 10.2. The number of hydrogen-bond donors (Lipinski definition) is 1. The van der Waals surface area contributed by atoms with Crippen LogP contribution in [0.1, 0.15) is 35.9 Å². The average molecular weight is 222 g/mol. The maximum Gasteiger partial charge on any atom is 0.274 e. The van der Waals surface area contributed by atoms with Crippen LogP contribution in [-0.4, -0.2) is 33.7 Å². The van der Waals surface area contributed by atoms with E-state index in [0.717, 1.165) is 25.0 Å². The van der Waals surface area contributed by atoms with Crippen molar-refractivity contribution >= 4 is 11.6 Å². The minimum Gasteiger partial charge on any atom is -0.395 e. The molecule has 1 aliphatic carbocycles. The van der Waals surface area contributed by atoms with Crippen LogP contribution in [0.2, 0.25) is 0 Å². The summed E-state index contributed by atoms with van der Waals surface area (Å²) in [4.78, 5) is 14.0. The zero-order chi connectivity index (χ0) is 11.9. The third-order valence-corrected chi connectivity index (χ3v) is 3.11. The van der Waals surface area contributed by atoms with Crippen molar-refractivity contribution in [2.45, 2.75) is 32.2 Å². The van der Waals surface area contributed by atoms with E-state index >= 15 is 0 Å². The predicted octanol–water partition coefficient (Wildman–Crippen LogP) is 0.799. The summed E-state index contributed by atoms with van der Waals surface area (Å²) in [7, 11) is 3.60. The Bertz CT molecular complexity index is 420. The number of nitrogen functional groups attached to an aromatic ring is 1. The number of rotatable bonds is 3. The number of nitrogens with two attached hydrogens (primary N) is 1. The molecule has 1 heterocycles. The second-order valence-electron chi connectivity index (χ2n) is 4.33. The van der Waals surface area contributed by atoms with E-state index in [4.69, 9.17) is 5.73 Å². The van der Waals surface area contributed by atoms with Gasteiger partial charge in [0.05, 0.1) is 11.4 Å². The van der Waals surface area contributed by atoms with Gasteiger partial charge in [-0.15, -0.1) is 0 Å². The van der Waals surface area contributed by atoms with Gasteiger partial charge in [-0.3, -0.25) is 9.48 Å². The molecule has 0 spiro atoms. The Balaban J connectivity index is 2.31. The minimum atomic E-state index is -0.0188. The lowest BCUT2D eigenvalue weighted by Crippen LogP contribution is -2.31. The fourth-order valence-electron chi connectivity index (χ4n) is 1.91.